The molecule has 1 aliphatic heterocycles. The summed E-state index contributed by atoms with van der Waals surface area (Å²) in [7, 11) is -3.83. The highest BCUT2D eigenvalue weighted by Crippen LogP contribution is 2.37. The van der Waals surface area contributed by atoms with E-state index in [1.807, 2.05) is 0 Å². The van der Waals surface area contributed by atoms with Gasteiger partial charge in [0.15, 0.2) is 11.6 Å². The standard InChI is InChI=1S/C27H26ClFN6O3S/c28-24-22(35-39(36,37)17-18-6-2-1-3-7-18)10-11-23(25(24)29)38-26-20(9-5-14-31-26)21-12-15-32-27(34-21)33-19-8-4-13-30-16-19/h1-3,5-7,9-12,14-15,19,30,35H,4,8,13,16-17H2,(H,32,33,34)/t19-/m0/s1. The van der Waals surface area contributed by atoms with Gasteiger partial charge in [-0.3, -0.25) is 4.72 Å². The van der Waals surface area contributed by atoms with Crippen LogP contribution in [0.15, 0.2) is 73.1 Å². The predicted molar refractivity (Wildman–Crippen MR) is 149 cm³/mol. The first kappa shape index (κ1) is 26.8. The van der Waals surface area contributed by atoms with Crippen molar-refractivity contribution in [2.45, 2.75) is 24.6 Å². The lowest BCUT2D eigenvalue weighted by Crippen LogP contribution is -2.38. The first-order valence-corrected chi connectivity index (χ1v) is 14.4. The number of piperidine rings is 1. The van der Waals surface area contributed by atoms with E-state index in [1.165, 1.54) is 18.3 Å². The number of pyridine rings is 1. The molecule has 0 radical (unpaired) electrons. The van der Waals surface area contributed by atoms with Crippen molar-refractivity contribution in [3.05, 3.63) is 89.5 Å². The molecule has 1 atom stereocenters. The molecule has 0 bridgehead atoms. The molecule has 5 rings (SSSR count). The number of aromatic nitrogens is 3. The lowest BCUT2D eigenvalue weighted by molar-refractivity contribution is 0.429. The Morgan fingerprint density at radius 2 is 1.90 bits per heavy atom. The van der Waals surface area contributed by atoms with Gasteiger partial charge in [-0.2, -0.15) is 0 Å². The molecular weight excluding hydrogens is 543 g/mol. The van der Waals surface area contributed by atoms with Gasteiger partial charge in [0.2, 0.25) is 21.9 Å². The largest absolute Gasteiger partial charge is 0.435 e. The van der Waals surface area contributed by atoms with Crippen LogP contribution in [-0.2, 0) is 15.8 Å². The van der Waals surface area contributed by atoms with Gasteiger partial charge in [0.05, 0.1) is 22.7 Å². The summed E-state index contributed by atoms with van der Waals surface area (Å²) >= 11 is 6.21. The Hall–Kier alpha value is -3.80. The van der Waals surface area contributed by atoms with Crippen molar-refractivity contribution in [3.8, 4) is 22.9 Å². The zero-order valence-electron chi connectivity index (χ0n) is 20.8. The van der Waals surface area contributed by atoms with Crippen LogP contribution < -0.4 is 20.1 Å². The van der Waals surface area contributed by atoms with Crippen molar-refractivity contribution in [1.29, 1.82) is 0 Å². The lowest BCUT2D eigenvalue weighted by atomic mass is 10.1. The van der Waals surface area contributed by atoms with Crippen molar-refractivity contribution < 1.29 is 17.5 Å². The molecule has 2 aromatic carbocycles. The van der Waals surface area contributed by atoms with E-state index in [1.54, 1.807) is 54.7 Å². The molecule has 0 amide bonds. The Kier molecular flexibility index (Phi) is 8.20. The summed E-state index contributed by atoms with van der Waals surface area (Å²) in [5.41, 5.74) is 1.55. The Labute approximate surface area is 230 Å². The van der Waals surface area contributed by atoms with Crippen LogP contribution in [0.5, 0.6) is 11.6 Å². The molecule has 0 aliphatic carbocycles. The van der Waals surface area contributed by atoms with Crippen molar-refractivity contribution >= 4 is 33.3 Å². The maximum atomic E-state index is 15.2. The quantitative estimate of drug-likeness (QED) is 0.251. The van der Waals surface area contributed by atoms with Gasteiger partial charge >= 0.3 is 0 Å². The Balaban J connectivity index is 1.35. The highest BCUT2D eigenvalue weighted by atomic mass is 35.5. The minimum absolute atomic E-state index is 0.0950. The fraction of sp³-hybridized carbons (Fsp3) is 0.222. The molecule has 0 spiro atoms. The van der Waals surface area contributed by atoms with E-state index < -0.39 is 20.9 Å². The second-order valence-corrected chi connectivity index (χ2v) is 11.1. The SMILES string of the molecule is O=S(=O)(Cc1ccccc1)Nc1ccc(Oc2ncccc2-c2ccnc(N[C@H]3CCCNC3)n2)c(F)c1Cl. The molecule has 4 aromatic rings. The van der Waals surface area contributed by atoms with Gasteiger partial charge in [0.25, 0.3) is 0 Å². The van der Waals surface area contributed by atoms with E-state index in [0.29, 0.717) is 22.8 Å². The van der Waals surface area contributed by atoms with Gasteiger partial charge in [0, 0.05) is 25.0 Å². The molecule has 12 heteroatoms. The normalized spacial score (nSPS) is 15.5. The zero-order valence-corrected chi connectivity index (χ0v) is 22.3. The number of nitrogens with one attached hydrogen (secondary N) is 3. The first-order valence-electron chi connectivity index (χ1n) is 12.3. The van der Waals surface area contributed by atoms with Gasteiger partial charge in [0.1, 0.15) is 5.02 Å². The first-order chi connectivity index (χ1) is 18.9. The van der Waals surface area contributed by atoms with Crippen LogP contribution in [0.3, 0.4) is 0 Å². The molecular formula is C27H26ClFN6O3S. The second-order valence-electron chi connectivity index (χ2n) is 9.00. The summed E-state index contributed by atoms with van der Waals surface area (Å²) < 4.78 is 48.6. The highest BCUT2D eigenvalue weighted by molar-refractivity contribution is 7.91. The zero-order chi connectivity index (χ0) is 27.2. The number of ether oxygens (including phenoxy) is 1. The summed E-state index contributed by atoms with van der Waals surface area (Å²) in [5, 5.41) is 6.26. The van der Waals surface area contributed by atoms with E-state index in [9.17, 15) is 8.42 Å². The maximum absolute atomic E-state index is 15.2. The molecule has 9 nitrogen and oxygen atoms in total. The average molecular weight is 569 g/mol. The number of anilines is 2. The lowest BCUT2D eigenvalue weighted by Gasteiger charge is -2.23. The predicted octanol–water partition coefficient (Wildman–Crippen LogP) is 5.23. The molecule has 0 unspecified atom stereocenters. The second kappa shape index (κ2) is 11.9. The van der Waals surface area contributed by atoms with E-state index in [-0.39, 0.29) is 29.1 Å². The van der Waals surface area contributed by atoms with Crippen LogP contribution in [0.4, 0.5) is 16.0 Å². The number of nitrogens with zero attached hydrogens (tertiary/aromatic N) is 3. The fourth-order valence-corrected chi connectivity index (χ4v) is 5.66. The van der Waals surface area contributed by atoms with E-state index in [0.717, 1.165) is 25.9 Å². The van der Waals surface area contributed by atoms with E-state index in [4.69, 9.17) is 16.3 Å². The van der Waals surface area contributed by atoms with Gasteiger partial charge in [-0.1, -0.05) is 41.9 Å². The van der Waals surface area contributed by atoms with Crippen LogP contribution in [-0.4, -0.2) is 42.5 Å². The van der Waals surface area contributed by atoms with Crippen molar-refractivity contribution in [1.82, 2.24) is 20.3 Å². The third-order valence-electron chi connectivity index (χ3n) is 6.05. The summed E-state index contributed by atoms with van der Waals surface area (Å²) in [4.78, 5) is 13.2. The molecule has 1 saturated heterocycles. The molecule has 202 valence electrons. The van der Waals surface area contributed by atoms with Gasteiger partial charge < -0.3 is 15.4 Å². The Morgan fingerprint density at radius 1 is 1.05 bits per heavy atom. The number of sulfonamides is 1. The number of hydrogen-bond donors (Lipinski definition) is 3. The van der Waals surface area contributed by atoms with Gasteiger partial charge in [-0.25, -0.2) is 27.8 Å². The number of halogens is 2. The van der Waals surface area contributed by atoms with Gasteiger partial charge in [-0.15, -0.1) is 0 Å². The number of benzene rings is 2. The minimum Gasteiger partial charge on any atom is -0.435 e. The number of rotatable bonds is 9. The molecule has 0 saturated carbocycles. The van der Waals surface area contributed by atoms with E-state index >= 15 is 4.39 Å². The number of hydrogen-bond acceptors (Lipinski definition) is 8. The van der Waals surface area contributed by atoms with E-state index in [2.05, 4.69) is 30.3 Å². The topological polar surface area (TPSA) is 118 Å². The van der Waals surface area contributed by atoms with Crippen molar-refractivity contribution in [2.75, 3.05) is 23.1 Å². The van der Waals surface area contributed by atoms with Crippen molar-refractivity contribution in [2.24, 2.45) is 0 Å². The average Bonchev–Trinajstić information content (AvgIpc) is 2.94. The van der Waals surface area contributed by atoms with Crippen LogP contribution >= 0.6 is 11.6 Å². The summed E-state index contributed by atoms with van der Waals surface area (Å²) in [5.74, 6) is -0.852. The Bertz CT molecular complexity index is 1550. The van der Waals surface area contributed by atoms with Crippen LogP contribution in [0, 0.1) is 5.82 Å². The molecule has 3 heterocycles. The van der Waals surface area contributed by atoms with Crippen molar-refractivity contribution in [3.63, 3.8) is 0 Å². The minimum atomic E-state index is -3.83. The highest BCUT2D eigenvalue weighted by Gasteiger charge is 2.21. The third-order valence-corrected chi connectivity index (χ3v) is 7.67. The fourth-order valence-electron chi connectivity index (χ4n) is 4.19. The molecule has 39 heavy (non-hydrogen) atoms. The molecule has 1 aliphatic rings. The smallest absolute Gasteiger partial charge is 0.236 e. The summed E-state index contributed by atoms with van der Waals surface area (Å²) in [6.07, 6.45) is 5.23. The summed E-state index contributed by atoms with van der Waals surface area (Å²) in [6, 6.07) is 16.7. The molecule has 2 aromatic heterocycles. The van der Waals surface area contributed by atoms with Crippen LogP contribution in [0.2, 0.25) is 5.02 Å². The van der Waals surface area contributed by atoms with Crippen LogP contribution in [0.25, 0.3) is 11.3 Å². The molecule has 1 fully saturated rings. The third kappa shape index (κ3) is 6.80. The maximum Gasteiger partial charge on any atom is 0.236 e. The Morgan fingerprint density at radius 3 is 2.69 bits per heavy atom. The summed E-state index contributed by atoms with van der Waals surface area (Å²) in [6.45, 7) is 1.82. The van der Waals surface area contributed by atoms with Crippen LogP contribution in [0.1, 0.15) is 18.4 Å². The van der Waals surface area contributed by atoms with Gasteiger partial charge in [-0.05, 0) is 55.3 Å². The molecule has 3 N–H and O–H groups in total. The monoisotopic (exact) mass is 568 g/mol.